The Morgan fingerprint density at radius 1 is 1.56 bits per heavy atom. The summed E-state index contributed by atoms with van der Waals surface area (Å²) in [6, 6.07) is 6.19. The molecule has 0 N–H and O–H groups in total. The molecule has 0 saturated carbocycles. The predicted molar refractivity (Wildman–Crippen MR) is 65.3 cm³/mol. The Morgan fingerprint density at radius 3 is 2.88 bits per heavy atom. The maximum atomic E-state index is 10.5. The molecule has 0 fully saturated rings. The summed E-state index contributed by atoms with van der Waals surface area (Å²) in [6.45, 7) is 0. The van der Waals surface area contributed by atoms with Gasteiger partial charge in [0.15, 0.2) is 0 Å². The molecule has 0 heterocycles. The van der Waals surface area contributed by atoms with E-state index in [1.54, 1.807) is 12.1 Å². The molecule has 0 atom stereocenters. The van der Waals surface area contributed by atoms with Crippen molar-refractivity contribution in [3.05, 3.63) is 45.5 Å². The molecular weight excluding hydrogens is 224 g/mol. The topological polar surface area (TPSA) is 66.9 Å². The highest BCUT2D eigenvalue weighted by Gasteiger charge is 2.08. The smallest absolute Gasteiger partial charge is 0.258 e. The van der Waals surface area contributed by atoms with Crippen LogP contribution in [0.2, 0.25) is 0 Å². The van der Waals surface area contributed by atoms with Gasteiger partial charge in [-0.3, -0.25) is 10.1 Å². The number of thiol groups is 1. The Kier molecular flexibility index (Phi) is 4.55. The molecule has 16 heavy (non-hydrogen) atoms. The lowest BCUT2D eigenvalue weighted by Gasteiger charge is -1.97. The lowest BCUT2D eigenvalue weighted by atomic mass is 10.1. The first-order chi connectivity index (χ1) is 7.69. The Hall–Kier alpha value is -1.80. The fourth-order valence-electron chi connectivity index (χ4n) is 1.18. The van der Waals surface area contributed by atoms with E-state index in [1.807, 2.05) is 12.1 Å². The van der Waals surface area contributed by atoms with E-state index in [2.05, 4.69) is 12.6 Å². The SMILES string of the molecule is N#Cc1cc([N+](=O)[O-])ccc1C=CCCS. The van der Waals surface area contributed by atoms with Crippen molar-refractivity contribution in [1.82, 2.24) is 0 Å². The molecule has 0 saturated heterocycles. The number of nitro groups is 1. The molecule has 0 spiro atoms. The number of hydrogen-bond donors (Lipinski definition) is 1. The zero-order chi connectivity index (χ0) is 12.0. The fraction of sp³-hybridized carbons (Fsp3) is 0.182. The average Bonchev–Trinajstić information content (AvgIpc) is 2.29. The van der Waals surface area contributed by atoms with Crippen LogP contribution in [0.3, 0.4) is 0 Å². The highest BCUT2D eigenvalue weighted by molar-refractivity contribution is 7.80. The standard InChI is InChI=1S/C11H10N2O2S/c12-8-10-7-11(13(14)15)5-4-9(10)3-1-2-6-16/h1,3-5,7,16H,2,6H2. The number of nitriles is 1. The quantitative estimate of drug-likeness (QED) is 0.495. The molecule has 0 unspecified atom stereocenters. The summed E-state index contributed by atoms with van der Waals surface area (Å²) in [6.07, 6.45) is 4.46. The third-order valence-electron chi connectivity index (χ3n) is 1.96. The van der Waals surface area contributed by atoms with E-state index in [9.17, 15) is 10.1 Å². The number of allylic oxidation sites excluding steroid dienone is 1. The Labute approximate surface area is 98.8 Å². The first-order valence-corrected chi connectivity index (χ1v) is 5.28. The summed E-state index contributed by atoms with van der Waals surface area (Å²) in [5, 5.41) is 19.4. The minimum Gasteiger partial charge on any atom is -0.258 e. The van der Waals surface area contributed by atoms with E-state index < -0.39 is 4.92 Å². The monoisotopic (exact) mass is 234 g/mol. The number of benzene rings is 1. The second-order valence-electron chi connectivity index (χ2n) is 3.06. The molecule has 0 amide bonds. The molecule has 1 aromatic carbocycles. The number of nitro benzene ring substituents is 1. The van der Waals surface area contributed by atoms with Crippen LogP contribution in [0.25, 0.3) is 6.08 Å². The van der Waals surface area contributed by atoms with Crippen LogP contribution in [0.15, 0.2) is 24.3 Å². The van der Waals surface area contributed by atoms with Crippen molar-refractivity contribution in [2.24, 2.45) is 0 Å². The largest absolute Gasteiger partial charge is 0.270 e. The van der Waals surface area contributed by atoms with Crippen molar-refractivity contribution < 1.29 is 4.92 Å². The molecule has 1 aromatic rings. The fourth-order valence-corrected chi connectivity index (χ4v) is 1.33. The summed E-state index contributed by atoms with van der Waals surface area (Å²) >= 11 is 4.05. The molecule has 0 aliphatic carbocycles. The van der Waals surface area contributed by atoms with Gasteiger partial charge < -0.3 is 0 Å². The second-order valence-corrected chi connectivity index (χ2v) is 3.50. The first kappa shape index (κ1) is 12.3. The summed E-state index contributed by atoms with van der Waals surface area (Å²) in [5.41, 5.74) is 0.933. The van der Waals surface area contributed by atoms with Crippen LogP contribution in [-0.2, 0) is 0 Å². The molecule has 1 rings (SSSR count). The van der Waals surface area contributed by atoms with Crippen molar-refractivity contribution in [1.29, 1.82) is 5.26 Å². The lowest BCUT2D eigenvalue weighted by molar-refractivity contribution is -0.384. The molecule has 0 aliphatic heterocycles. The normalized spacial score (nSPS) is 10.2. The van der Waals surface area contributed by atoms with Crippen LogP contribution >= 0.6 is 12.6 Å². The number of rotatable bonds is 4. The van der Waals surface area contributed by atoms with E-state index >= 15 is 0 Å². The van der Waals surface area contributed by atoms with E-state index in [1.165, 1.54) is 12.1 Å². The summed E-state index contributed by atoms with van der Waals surface area (Å²) in [4.78, 5) is 10.00. The average molecular weight is 234 g/mol. The highest BCUT2D eigenvalue weighted by atomic mass is 32.1. The van der Waals surface area contributed by atoms with Crippen molar-refractivity contribution in [2.45, 2.75) is 6.42 Å². The van der Waals surface area contributed by atoms with Crippen molar-refractivity contribution >= 4 is 24.4 Å². The molecule has 4 nitrogen and oxygen atoms in total. The van der Waals surface area contributed by atoms with Gasteiger partial charge in [0.25, 0.3) is 5.69 Å². The second kappa shape index (κ2) is 5.93. The highest BCUT2D eigenvalue weighted by Crippen LogP contribution is 2.18. The van der Waals surface area contributed by atoms with Crippen LogP contribution in [0.4, 0.5) is 5.69 Å². The van der Waals surface area contributed by atoms with Crippen LogP contribution in [0.5, 0.6) is 0 Å². The van der Waals surface area contributed by atoms with Crippen molar-refractivity contribution in [3.8, 4) is 6.07 Å². The number of hydrogen-bond acceptors (Lipinski definition) is 4. The van der Waals surface area contributed by atoms with Gasteiger partial charge in [-0.15, -0.1) is 0 Å². The maximum Gasteiger partial charge on any atom is 0.270 e. The van der Waals surface area contributed by atoms with Gasteiger partial charge in [0.1, 0.15) is 6.07 Å². The lowest BCUT2D eigenvalue weighted by Crippen LogP contribution is -1.90. The van der Waals surface area contributed by atoms with Crippen LogP contribution < -0.4 is 0 Å². The van der Waals surface area contributed by atoms with Gasteiger partial charge in [-0.25, -0.2) is 0 Å². The minimum atomic E-state index is -0.512. The zero-order valence-electron chi connectivity index (χ0n) is 8.46. The van der Waals surface area contributed by atoms with Gasteiger partial charge >= 0.3 is 0 Å². The first-order valence-electron chi connectivity index (χ1n) is 4.65. The predicted octanol–water partition coefficient (Wildman–Crippen LogP) is 2.80. The van der Waals surface area contributed by atoms with Gasteiger partial charge in [0.2, 0.25) is 0 Å². The van der Waals surface area contributed by atoms with Crippen LogP contribution in [0, 0.1) is 21.4 Å². The van der Waals surface area contributed by atoms with Crippen LogP contribution in [-0.4, -0.2) is 10.7 Å². The third-order valence-corrected chi connectivity index (χ3v) is 2.22. The van der Waals surface area contributed by atoms with E-state index in [-0.39, 0.29) is 5.69 Å². The van der Waals surface area contributed by atoms with Gasteiger partial charge in [0.05, 0.1) is 10.5 Å². The van der Waals surface area contributed by atoms with Gasteiger partial charge in [-0.2, -0.15) is 17.9 Å². The molecule has 0 aromatic heterocycles. The van der Waals surface area contributed by atoms with E-state index in [0.29, 0.717) is 11.1 Å². The Bertz CT molecular complexity index is 464. The minimum absolute atomic E-state index is 0.0668. The van der Waals surface area contributed by atoms with Gasteiger partial charge in [0, 0.05) is 12.1 Å². The molecule has 0 aliphatic rings. The Morgan fingerprint density at radius 2 is 2.31 bits per heavy atom. The summed E-state index contributed by atoms with van der Waals surface area (Å²) < 4.78 is 0. The maximum absolute atomic E-state index is 10.5. The van der Waals surface area contributed by atoms with Gasteiger partial charge in [-0.1, -0.05) is 12.2 Å². The molecule has 82 valence electrons. The van der Waals surface area contributed by atoms with E-state index in [0.717, 1.165) is 12.2 Å². The third kappa shape index (κ3) is 3.11. The summed E-state index contributed by atoms with van der Waals surface area (Å²) in [5.74, 6) is 0.728. The zero-order valence-corrected chi connectivity index (χ0v) is 9.35. The Balaban J connectivity index is 3.03. The van der Waals surface area contributed by atoms with Crippen LogP contribution in [0.1, 0.15) is 17.5 Å². The van der Waals surface area contributed by atoms with Crippen molar-refractivity contribution in [3.63, 3.8) is 0 Å². The van der Waals surface area contributed by atoms with Crippen molar-refractivity contribution in [2.75, 3.05) is 5.75 Å². The summed E-state index contributed by atoms with van der Waals surface area (Å²) in [7, 11) is 0. The molecule has 5 heteroatoms. The molecular formula is C11H10N2O2S. The number of nitrogens with zero attached hydrogens (tertiary/aromatic N) is 2. The van der Waals surface area contributed by atoms with E-state index in [4.69, 9.17) is 5.26 Å². The molecule has 0 radical (unpaired) electrons. The number of non-ortho nitro benzene ring substituents is 1. The van der Waals surface area contributed by atoms with Gasteiger partial charge in [-0.05, 0) is 23.8 Å². The molecule has 0 bridgehead atoms.